The van der Waals surface area contributed by atoms with Crippen LogP contribution in [0.5, 0.6) is 0 Å². The second-order valence-corrected chi connectivity index (χ2v) is 6.14. The number of aryl methyl sites for hydroxylation is 2. The molecule has 2 amide bonds. The highest BCUT2D eigenvalue weighted by Gasteiger charge is 2.16. The first-order chi connectivity index (χ1) is 11.5. The van der Waals surface area contributed by atoms with Crippen molar-refractivity contribution in [3.05, 3.63) is 63.7 Å². The summed E-state index contributed by atoms with van der Waals surface area (Å²) in [6.07, 6.45) is 1.22. The number of nitrogens with one attached hydrogen (secondary N) is 2. The Morgan fingerprint density at radius 3 is 2.46 bits per heavy atom. The minimum absolute atomic E-state index is 0.0138. The molecule has 3 aromatic rings. The Labute approximate surface area is 142 Å². The van der Waals surface area contributed by atoms with Crippen molar-refractivity contribution in [2.75, 3.05) is 10.6 Å². The molecule has 2 aromatic heterocycles. The van der Waals surface area contributed by atoms with Crippen LogP contribution in [0.2, 0.25) is 0 Å². The van der Waals surface area contributed by atoms with Gasteiger partial charge in [-0.2, -0.15) is 4.98 Å². The Kier molecular flexibility index (Phi) is 4.43. The summed E-state index contributed by atoms with van der Waals surface area (Å²) in [5, 5.41) is 7.14. The van der Waals surface area contributed by atoms with Gasteiger partial charge in [0.05, 0.1) is 4.88 Å². The lowest BCUT2D eigenvalue weighted by Crippen LogP contribution is -2.15. The normalized spacial score (nSPS) is 10.4. The molecule has 0 spiro atoms. The molecule has 0 atom stereocenters. The van der Waals surface area contributed by atoms with Gasteiger partial charge in [0, 0.05) is 5.69 Å². The second kappa shape index (κ2) is 6.67. The zero-order valence-electron chi connectivity index (χ0n) is 13.1. The first-order valence-corrected chi connectivity index (χ1v) is 8.10. The summed E-state index contributed by atoms with van der Waals surface area (Å²) >= 11 is 1.31. The van der Waals surface area contributed by atoms with E-state index in [1.54, 1.807) is 17.5 Å². The predicted molar refractivity (Wildman–Crippen MR) is 92.6 cm³/mol. The van der Waals surface area contributed by atoms with E-state index in [0.717, 1.165) is 16.8 Å². The van der Waals surface area contributed by atoms with Crippen molar-refractivity contribution in [3.63, 3.8) is 0 Å². The molecule has 0 saturated carbocycles. The van der Waals surface area contributed by atoms with Gasteiger partial charge in [-0.3, -0.25) is 14.9 Å². The van der Waals surface area contributed by atoms with E-state index >= 15 is 0 Å². The van der Waals surface area contributed by atoms with Crippen molar-refractivity contribution in [2.45, 2.75) is 13.8 Å². The average Bonchev–Trinajstić information content (AvgIpc) is 3.22. The van der Waals surface area contributed by atoms with Gasteiger partial charge < -0.3 is 9.73 Å². The molecule has 0 unspecified atom stereocenters. The number of rotatable bonds is 4. The van der Waals surface area contributed by atoms with Crippen LogP contribution >= 0.6 is 11.3 Å². The van der Waals surface area contributed by atoms with Crippen LogP contribution in [0.4, 0.5) is 11.7 Å². The molecule has 0 bridgehead atoms. The van der Waals surface area contributed by atoms with Crippen molar-refractivity contribution >= 4 is 34.9 Å². The fraction of sp³-hybridized carbons (Fsp3) is 0.118. The van der Waals surface area contributed by atoms with Gasteiger partial charge in [0.1, 0.15) is 6.26 Å². The number of carbonyl (C=O) groups is 2. The average molecular weight is 341 g/mol. The van der Waals surface area contributed by atoms with E-state index in [9.17, 15) is 9.59 Å². The summed E-state index contributed by atoms with van der Waals surface area (Å²) in [5.41, 5.74) is 2.75. The van der Waals surface area contributed by atoms with Crippen LogP contribution < -0.4 is 10.6 Å². The van der Waals surface area contributed by atoms with Crippen molar-refractivity contribution in [2.24, 2.45) is 0 Å². The number of thiophene rings is 1. The first-order valence-electron chi connectivity index (χ1n) is 7.22. The Hall–Kier alpha value is -2.93. The van der Waals surface area contributed by atoms with Crippen LogP contribution in [0.1, 0.15) is 31.3 Å². The zero-order valence-corrected chi connectivity index (χ0v) is 13.9. The van der Waals surface area contributed by atoms with E-state index < -0.39 is 5.91 Å². The maximum Gasteiger partial charge on any atom is 0.302 e. The van der Waals surface area contributed by atoms with Gasteiger partial charge in [0.15, 0.2) is 5.69 Å². The molecule has 1 aromatic carbocycles. The Balaban J connectivity index is 1.71. The SMILES string of the molecule is Cc1cccc(C)c1NC(=O)c1coc(NC(=O)c2cccs2)n1. The largest absolute Gasteiger partial charge is 0.431 e. The molecule has 24 heavy (non-hydrogen) atoms. The summed E-state index contributed by atoms with van der Waals surface area (Å²) in [7, 11) is 0. The second-order valence-electron chi connectivity index (χ2n) is 5.19. The quantitative estimate of drug-likeness (QED) is 0.755. The molecular weight excluding hydrogens is 326 g/mol. The van der Waals surface area contributed by atoms with Gasteiger partial charge in [-0.05, 0) is 36.4 Å². The molecule has 0 radical (unpaired) electrons. The van der Waals surface area contributed by atoms with Gasteiger partial charge in [0.2, 0.25) is 0 Å². The lowest BCUT2D eigenvalue weighted by atomic mass is 10.1. The topological polar surface area (TPSA) is 84.2 Å². The monoisotopic (exact) mass is 341 g/mol. The van der Waals surface area contributed by atoms with Gasteiger partial charge in [0.25, 0.3) is 11.8 Å². The fourth-order valence-electron chi connectivity index (χ4n) is 2.19. The van der Waals surface area contributed by atoms with E-state index in [4.69, 9.17) is 4.42 Å². The standard InChI is InChI=1S/C17H15N3O3S/c1-10-5-3-6-11(2)14(10)19-15(21)12-9-23-17(18-12)20-16(22)13-7-4-8-24-13/h3-9H,1-2H3,(H,19,21)(H,18,20,22). The molecule has 0 aliphatic rings. The van der Waals surface area contributed by atoms with Crippen LogP contribution in [-0.2, 0) is 0 Å². The smallest absolute Gasteiger partial charge is 0.302 e. The van der Waals surface area contributed by atoms with E-state index in [-0.39, 0.29) is 17.6 Å². The molecule has 0 fully saturated rings. The Morgan fingerprint density at radius 2 is 1.79 bits per heavy atom. The van der Waals surface area contributed by atoms with E-state index in [1.165, 1.54) is 17.6 Å². The minimum Gasteiger partial charge on any atom is -0.431 e. The van der Waals surface area contributed by atoms with Gasteiger partial charge in [-0.15, -0.1) is 11.3 Å². The molecule has 122 valence electrons. The third-order valence-corrected chi connectivity index (χ3v) is 4.29. The lowest BCUT2D eigenvalue weighted by molar-refractivity contribution is 0.101. The van der Waals surface area contributed by atoms with Crippen LogP contribution in [0.25, 0.3) is 0 Å². The number of oxazole rings is 1. The summed E-state index contributed by atoms with van der Waals surface area (Å²) in [6.45, 7) is 3.83. The molecule has 2 heterocycles. The highest BCUT2D eigenvalue weighted by molar-refractivity contribution is 7.12. The van der Waals surface area contributed by atoms with Crippen molar-refractivity contribution in [1.29, 1.82) is 0 Å². The molecule has 2 N–H and O–H groups in total. The van der Waals surface area contributed by atoms with E-state index in [1.807, 2.05) is 32.0 Å². The van der Waals surface area contributed by atoms with E-state index in [0.29, 0.717) is 4.88 Å². The lowest BCUT2D eigenvalue weighted by Gasteiger charge is -2.09. The third kappa shape index (κ3) is 3.36. The minimum atomic E-state index is -0.396. The van der Waals surface area contributed by atoms with Crippen molar-refractivity contribution in [1.82, 2.24) is 4.98 Å². The summed E-state index contributed by atoms with van der Waals surface area (Å²) in [4.78, 5) is 28.8. The highest BCUT2D eigenvalue weighted by Crippen LogP contribution is 2.20. The molecule has 6 nitrogen and oxygen atoms in total. The summed E-state index contributed by atoms with van der Waals surface area (Å²) in [6, 6.07) is 9.21. The number of benzene rings is 1. The number of hydrogen-bond acceptors (Lipinski definition) is 5. The third-order valence-electron chi connectivity index (χ3n) is 3.42. The maximum absolute atomic E-state index is 12.3. The highest BCUT2D eigenvalue weighted by atomic mass is 32.1. The molecular formula is C17H15N3O3S. The predicted octanol–water partition coefficient (Wildman–Crippen LogP) is 3.86. The van der Waals surface area contributed by atoms with Gasteiger partial charge >= 0.3 is 6.01 Å². The van der Waals surface area contributed by atoms with Gasteiger partial charge in [-0.1, -0.05) is 24.3 Å². The fourth-order valence-corrected chi connectivity index (χ4v) is 2.81. The van der Waals surface area contributed by atoms with Crippen molar-refractivity contribution < 1.29 is 14.0 Å². The van der Waals surface area contributed by atoms with Crippen molar-refractivity contribution in [3.8, 4) is 0 Å². The molecule has 7 heteroatoms. The van der Waals surface area contributed by atoms with E-state index in [2.05, 4.69) is 15.6 Å². The summed E-state index contributed by atoms with van der Waals surface area (Å²) in [5.74, 6) is -0.721. The zero-order chi connectivity index (χ0) is 17.1. The number of para-hydroxylation sites is 1. The molecule has 3 rings (SSSR count). The number of anilines is 2. The maximum atomic E-state index is 12.3. The van der Waals surface area contributed by atoms with Crippen LogP contribution in [0.3, 0.4) is 0 Å². The van der Waals surface area contributed by atoms with Crippen LogP contribution in [0.15, 0.2) is 46.4 Å². The molecule has 0 aliphatic heterocycles. The Bertz CT molecular complexity index is 864. The number of carbonyl (C=O) groups excluding carboxylic acids is 2. The Morgan fingerprint density at radius 1 is 1.04 bits per heavy atom. The molecule has 0 aliphatic carbocycles. The number of amides is 2. The number of hydrogen-bond donors (Lipinski definition) is 2. The number of nitrogens with zero attached hydrogens (tertiary/aromatic N) is 1. The molecule has 0 saturated heterocycles. The van der Waals surface area contributed by atoms with Crippen LogP contribution in [0, 0.1) is 13.8 Å². The van der Waals surface area contributed by atoms with Crippen LogP contribution in [-0.4, -0.2) is 16.8 Å². The summed E-state index contributed by atoms with van der Waals surface area (Å²) < 4.78 is 5.15. The van der Waals surface area contributed by atoms with Gasteiger partial charge in [-0.25, -0.2) is 0 Å². The first kappa shape index (κ1) is 15.9. The number of aromatic nitrogens is 1.